The first kappa shape index (κ1) is 19.9. The van der Waals surface area contributed by atoms with E-state index in [4.69, 9.17) is 4.74 Å². The zero-order valence-corrected chi connectivity index (χ0v) is 16.8. The Kier molecular flexibility index (Phi) is 5.97. The van der Waals surface area contributed by atoms with Crippen LogP contribution in [0.15, 0.2) is 48.5 Å². The molecule has 0 unspecified atom stereocenters. The molecule has 2 aliphatic rings. The van der Waals surface area contributed by atoms with E-state index in [1.807, 2.05) is 48.5 Å². The quantitative estimate of drug-likeness (QED) is 0.799. The summed E-state index contributed by atoms with van der Waals surface area (Å²) in [6.45, 7) is 2.04. The fourth-order valence-corrected chi connectivity index (χ4v) is 3.83. The molecule has 0 aliphatic carbocycles. The monoisotopic (exact) mass is 407 g/mol. The van der Waals surface area contributed by atoms with Crippen molar-refractivity contribution in [3.05, 3.63) is 54.1 Å². The van der Waals surface area contributed by atoms with Crippen LogP contribution < -0.4 is 19.9 Å². The maximum atomic E-state index is 12.6. The van der Waals surface area contributed by atoms with Gasteiger partial charge in [0, 0.05) is 38.0 Å². The van der Waals surface area contributed by atoms with E-state index < -0.39 is 0 Å². The minimum atomic E-state index is -0.174. The molecule has 0 bridgehead atoms. The summed E-state index contributed by atoms with van der Waals surface area (Å²) in [6.07, 6.45) is 1.73. The van der Waals surface area contributed by atoms with Gasteiger partial charge >= 0.3 is 0 Å². The van der Waals surface area contributed by atoms with Crippen LogP contribution in [-0.4, -0.2) is 37.4 Å². The van der Waals surface area contributed by atoms with Crippen LogP contribution >= 0.6 is 0 Å². The number of anilines is 2. The van der Waals surface area contributed by atoms with Gasteiger partial charge in [-0.3, -0.25) is 14.4 Å². The molecule has 0 spiro atoms. The Labute approximate surface area is 175 Å². The molecule has 4 rings (SSSR count). The summed E-state index contributed by atoms with van der Waals surface area (Å²) >= 11 is 0. The first-order valence-electron chi connectivity index (χ1n) is 10.3. The fraction of sp³-hybridized carbons (Fsp3) is 0.348. The molecular formula is C23H25N3O4. The number of carbonyl (C=O) groups excluding carboxylic acids is 3. The predicted octanol–water partition coefficient (Wildman–Crippen LogP) is 2.64. The first-order valence-corrected chi connectivity index (χ1v) is 10.3. The lowest BCUT2D eigenvalue weighted by atomic mass is 10.1. The van der Waals surface area contributed by atoms with Gasteiger partial charge in [0.25, 0.3) is 0 Å². The molecule has 3 amide bonds. The lowest BCUT2D eigenvalue weighted by molar-refractivity contribution is -0.125. The first-order chi connectivity index (χ1) is 14.6. The average molecular weight is 407 g/mol. The molecule has 156 valence electrons. The number of nitrogens with zero attached hydrogens (tertiary/aromatic N) is 2. The Morgan fingerprint density at radius 3 is 2.73 bits per heavy atom. The van der Waals surface area contributed by atoms with E-state index in [1.54, 1.807) is 9.80 Å². The highest BCUT2D eigenvalue weighted by Gasteiger charge is 2.24. The summed E-state index contributed by atoms with van der Waals surface area (Å²) in [7, 11) is 0. The number of amides is 3. The van der Waals surface area contributed by atoms with Crippen LogP contribution in [0.5, 0.6) is 5.75 Å². The minimum absolute atomic E-state index is 0.0876. The summed E-state index contributed by atoms with van der Waals surface area (Å²) in [4.78, 5) is 40.3. The Hall–Kier alpha value is -3.35. The largest absolute Gasteiger partial charge is 0.490 e. The van der Waals surface area contributed by atoms with Gasteiger partial charge in [0.15, 0.2) is 0 Å². The third-order valence-electron chi connectivity index (χ3n) is 5.38. The predicted molar refractivity (Wildman–Crippen MR) is 113 cm³/mol. The van der Waals surface area contributed by atoms with Gasteiger partial charge < -0.3 is 19.9 Å². The molecule has 0 atom stereocenters. The van der Waals surface area contributed by atoms with E-state index in [-0.39, 0.29) is 30.6 Å². The molecular weight excluding hydrogens is 382 g/mol. The van der Waals surface area contributed by atoms with Gasteiger partial charge in [0.2, 0.25) is 17.7 Å². The molecule has 7 nitrogen and oxygen atoms in total. The highest BCUT2D eigenvalue weighted by atomic mass is 16.5. The molecule has 30 heavy (non-hydrogen) atoms. The number of hydrogen-bond acceptors (Lipinski definition) is 4. The van der Waals surface area contributed by atoms with Crippen LogP contribution in [0.2, 0.25) is 0 Å². The van der Waals surface area contributed by atoms with E-state index in [0.29, 0.717) is 31.9 Å². The Balaban J connectivity index is 1.28. The van der Waals surface area contributed by atoms with E-state index >= 15 is 0 Å². The number of carbonyl (C=O) groups is 3. The van der Waals surface area contributed by atoms with Gasteiger partial charge in [-0.25, -0.2) is 0 Å². The SMILES string of the molecule is O=C(CCC(=O)N1CCOc2ccccc21)NCc1cccc(N2CCCC2=O)c1. The van der Waals surface area contributed by atoms with E-state index in [2.05, 4.69) is 5.32 Å². The smallest absolute Gasteiger partial charge is 0.227 e. The van der Waals surface area contributed by atoms with Crippen LogP contribution in [0.25, 0.3) is 0 Å². The van der Waals surface area contributed by atoms with Crippen molar-refractivity contribution in [2.45, 2.75) is 32.2 Å². The van der Waals surface area contributed by atoms with Crippen LogP contribution in [-0.2, 0) is 20.9 Å². The summed E-state index contributed by atoms with van der Waals surface area (Å²) in [6, 6.07) is 15.1. The van der Waals surface area contributed by atoms with Crippen molar-refractivity contribution in [3.8, 4) is 5.75 Å². The van der Waals surface area contributed by atoms with E-state index in [1.165, 1.54) is 0 Å². The molecule has 0 radical (unpaired) electrons. The Bertz CT molecular complexity index is 959. The number of fused-ring (bicyclic) bond motifs is 1. The fourth-order valence-electron chi connectivity index (χ4n) is 3.83. The maximum absolute atomic E-state index is 12.6. The van der Waals surface area contributed by atoms with Crippen LogP contribution in [0.1, 0.15) is 31.2 Å². The third-order valence-corrected chi connectivity index (χ3v) is 5.38. The van der Waals surface area contributed by atoms with Crippen LogP contribution in [0.4, 0.5) is 11.4 Å². The highest BCUT2D eigenvalue weighted by Crippen LogP contribution is 2.31. The van der Waals surface area contributed by atoms with Crippen molar-refractivity contribution in [1.82, 2.24) is 5.32 Å². The van der Waals surface area contributed by atoms with Gasteiger partial charge in [0.1, 0.15) is 12.4 Å². The number of nitrogens with one attached hydrogen (secondary N) is 1. The number of rotatable bonds is 6. The lowest BCUT2D eigenvalue weighted by Crippen LogP contribution is -2.38. The Morgan fingerprint density at radius 2 is 1.90 bits per heavy atom. The van der Waals surface area contributed by atoms with E-state index in [0.717, 1.165) is 29.9 Å². The molecule has 0 aromatic heterocycles. The zero-order chi connectivity index (χ0) is 20.9. The van der Waals surface area contributed by atoms with Crippen molar-refractivity contribution >= 4 is 29.1 Å². The summed E-state index contributed by atoms with van der Waals surface area (Å²) in [5.41, 5.74) is 2.54. The second-order valence-corrected chi connectivity index (χ2v) is 7.46. The normalized spacial score (nSPS) is 15.5. The molecule has 0 saturated carbocycles. The molecule has 2 aromatic carbocycles. The van der Waals surface area contributed by atoms with Crippen molar-refractivity contribution in [2.24, 2.45) is 0 Å². The van der Waals surface area contributed by atoms with Gasteiger partial charge in [-0.1, -0.05) is 24.3 Å². The van der Waals surface area contributed by atoms with Gasteiger partial charge in [0.05, 0.1) is 12.2 Å². The van der Waals surface area contributed by atoms with Gasteiger partial charge in [-0.15, -0.1) is 0 Å². The minimum Gasteiger partial charge on any atom is -0.490 e. The topological polar surface area (TPSA) is 79.0 Å². The molecule has 1 fully saturated rings. The second kappa shape index (κ2) is 8.98. The van der Waals surface area contributed by atoms with Gasteiger partial charge in [-0.05, 0) is 36.2 Å². The molecule has 7 heteroatoms. The van der Waals surface area contributed by atoms with Crippen LogP contribution in [0.3, 0.4) is 0 Å². The molecule has 1 saturated heterocycles. The van der Waals surface area contributed by atoms with Crippen molar-refractivity contribution in [3.63, 3.8) is 0 Å². The summed E-state index contributed by atoms with van der Waals surface area (Å²) in [5, 5.41) is 2.87. The lowest BCUT2D eigenvalue weighted by Gasteiger charge is -2.29. The second-order valence-electron chi connectivity index (χ2n) is 7.46. The summed E-state index contributed by atoms with van der Waals surface area (Å²) < 4.78 is 5.57. The zero-order valence-electron chi connectivity index (χ0n) is 16.8. The number of benzene rings is 2. The molecule has 2 aliphatic heterocycles. The third kappa shape index (κ3) is 4.45. The maximum Gasteiger partial charge on any atom is 0.227 e. The van der Waals surface area contributed by atoms with Crippen LogP contribution in [0, 0.1) is 0 Å². The van der Waals surface area contributed by atoms with Crippen molar-refractivity contribution in [2.75, 3.05) is 29.5 Å². The average Bonchev–Trinajstić information content (AvgIpc) is 3.21. The summed E-state index contributed by atoms with van der Waals surface area (Å²) in [5.74, 6) is 0.570. The standard InChI is InChI=1S/C23H25N3O4/c27-21(10-11-23(29)26-13-14-30-20-8-2-1-7-19(20)26)24-16-17-5-3-6-18(15-17)25-12-4-9-22(25)28/h1-3,5-8,15H,4,9-14,16H2,(H,24,27). The molecule has 2 aromatic rings. The number of para-hydroxylation sites is 2. The Morgan fingerprint density at radius 1 is 1.03 bits per heavy atom. The highest BCUT2D eigenvalue weighted by molar-refractivity contribution is 5.97. The van der Waals surface area contributed by atoms with Gasteiger partial charge in [-0.2, -0.15) is 0 Å². The van der Waals surface area contributed by atoms with Crippen molar-refractivity contribution < 1.29 is 19.1 Å². The number of hydrogen-bond donors (Lipinski definition) is 1. The number of ether oxygens (including phenoxy) is 1. The molecule has 2 heterocycles. The van der Waals surface area contributed by atoms with Crippen molar-refractivity contribution in [1.29, 1.82) is 0 Å². The molecule has 1 N–H and O–H groups in total. The van der Waals surface area contributed by atoms with E-state index in [9.17, 15) is 14.4 Å².